The lowest BCUT2D eigenvalue weighted by Gasteiger charge is -2.13. The summed E-state index contributed by atoms with van der Waals surface area (Å²) in [6.45, 7) is 0. The summed E-state index contributed by atoms with van der Waals surface area (Å²) >= 11 is 0. The number of halogens is 2. The highest BCUT2D eigenvalue weighted by Crippen LogP contribution is 2.28. The van der Waals surface area contributed by atoms with E-state index in [-0.39, 0.29) is 11.3 Å². The molecule has 4 heteroatoms. The molecule has 1 aromatic carbocycles. The van der Waals surface area contributed by atoms with Crippen molar-refractivity contribution in [3.05, 3.63) is 29.8 Å². The number of ether oxygens (including phenoxy) is 1. The lowest BCUT2D eigenvalue weighted by atomic mass is 10.1. The summed E-state index contributed by atoms with van der Waals surface area (Å²) in [5, 5.41) is 9.08. The maximum atomic E-state index is 12.1. The van der Waals surface area contributed by atoms with Crippen molar-refractivity contribution in [2.45, 2.75) is 12.5 Å². The molecule has 0 aliphatic heterocycles. The summed E-state index contributed by atoms with van der Waals surface area (Å²) in [7, 11) is 1.37. The van der Waals surface area contributed by atoms with Gasteiger partial charge in [-0.05, 0) is 6.07 Å². The van der Waals surface area contributed by atoms with Crippen molar-refractivity contribution in [2.75, 3.05) is 7.11 Å². The standard InChI is InChI=1S/C9H10F2O2/c1-13-7-5-3-2-4-6(7)8(12)9(10)11/h2-5,8-9,12H,1H3. The van der Waals surface area contributed by atoms with Crippen LogP contribution >= 0.6 is 0 Å². The normalized spacial score (nSPS) is 13.0. The molecule has 1 aromatic rings. The molecule has 0 aliphatic carbocycles. The molecule has 0 fully saturated rings. The third-order valence-electron chi connectivity index (χ3n) is 1.70. The molecule has 0 amide bonds. The molecule has 0 bridgehead atoms. The first-order chi connectivity index (χ1) is 6.16. The summed E-state index contributed by atoms with van der Waals surface area (Å²) in [4.78, 5) is 0. The van der Waals surface area contributed by atoms with E-state index in [1.165, 1.54) is 19.2 Å². The number of alkyl halides is 2. The van der Waals surface area contributed by atoms with Crippen LogP contribution in [0.4, 0.5) is 8.78 Å². The number of methoxy groups -OCH3 is 1. The van der Waals surface area contributed by atoms with E-state index in [9.17, 15) is 8.78 Å². The Labute approximate surface area is 74.8 Å². The molecular weight excluding hydrogens is 178 g/mol. The van der Waals surface area contributed by atoms with Crippen LogP contribution in [0.5, 0.6) is 5.75 Å². The van der Waals surface area contributed by atoms with Crippen molar-refractivity contribution < 1.29 is 18.6 Å². The molecule has 0 heterocycles. The van der Waals surface area contributed by atoms with Gasteiger partial charge in [-0.3, -0.25) is 0 Å². The fourth-order valence-electron chi connectivity index (χ4n) is 1.05. The maximum absolute atomic E-state index is 12.1. The molecule has 0 spiro atoms. The molecule has 1 rings (SSSR count). The molecule has 0 saturated heterocycles. The van der Waals surface area contributed by atoms with E-state index in [1.807, 2.05) is 0 Å². The van der Waals surface area contributed by atoms with Crippen LogP contribution in [-0.2, 0) is 0 Å². The molecule has 13 heavy (non-hydrogen) atoms. The second-order valence-electron chi connectivity index (χ2n) is 2.52. The third-order valence-corrected chi connectivity index (χ3v) is 1.70. The van der Waals surface area contributed by atoms with Crippen molar-refractivity contribution in [3.63, 3.8) is 0 Å². The third kappa shape index (κ3) is 2.15. The van der Waals surface area contributed by atoms with E-state index >= 15 is 0 Å². The van der Waals surface area contributed by atoms with Crippen molar-refractivity contribution in [2.24, 2.45) is 0 Å². The van der Waals surface area contributed by atoms with Gasteiger partial charge in [-0.1, -0.05) is 18.2 Å². The number of rotatable bonds is 3. The predicted molar refractivity (Wildman–Crippen MR) is 44.0 cm³/mol. The molecule has 0 aliphatic rings. The number of benzene rings is 1. The van der Waals surface area contributed by atoms with Gasteiger partial charge in [-0.25, -0.2) is 8.78 Å². The highest BCUT2D eigenvalue weighted by Gasteiger charge is 2.21. The van der Waals surface area contributed by atoms with Crippen LogP contribution in [0.3, 0.4) is 0 Å². The first kappa shape index (κ1) is 9.92. The largest absolute Gasteiger partial charge is 0.496 e. The predicted octanol–water partition coefficient (Wildman–Crippen LogP) is 1.99. The van der Waals surface area contributed by atoms with Gasteiger partial charge in [0.2, 0.25) is 0 Å². The first-order valence-corrected chi connectivity index (χ1v) is 3.76. The van der Waals surface area contributed by atoms with E-state index < -0.39 is 12.5 Å². The Morgan fingerprint density at radius 1 is 1.31 bits per heavy atom. The van der Waals surface area contributed by atoms with Crippen LogP contribution in [-0.4, -0.2) is 18.6 Å². The van der Waals surface area contributed by atoms with Crippen LogP contribution in [0.15, 0.2) is 24.3 Å². The highest BCUT2D eigenvalue weighted by molar-refractivity contribution is 5.35. The molecule has 0 saturated carbocycles. The zero-order chi connectivity index (χ0) is 9.84. The minimum absolute atomic E-state index is 0.111. The minimum atomic E-state index is -2.80. The zero-order valence-corrected chi connectivity index (χ0v) is 7.08. The maximum Gasteiger partial charge on any atom is 0.268 e. The van der Waals surface area contributed by atoms with Gasteiger partial charge in [0, 0.05) is 5.56 Å². The summed E-state index contributed by atoms with van der Waals surface area (Å²) in [6.07, 6.45) is -4.58. The Morgan fingerprint density at radius 3 is 2.46 bits per heavy atom. The monoisotopic (exact) mass is 188 g/mol. The zero-order valence-electron chi connectivity index (χ0n) is 7.08. The first-order valence-electron chi connectivity index (χ1n) is 3.76. The number of aliphatic hydroxyl groups excluding tert-OH is 1. The molecular formula is C9H10F2O2. The summed E-state index contributed by atoms with van der Waals surface area (Å²) in [6, 6.07) is 6.17. The smallest absolute Gasteiger partial charge is 0.268 e. The van der Waals surface area contributed by atoms with Gasteiger partial charge < -0.3 is 9.84 Å². The second kappa shape index (κ2) is 4.18. The summed E-state index contributed by atoms with van der Waals surface area (Å²) in [5.74, 6) is 0.273. The molecule has 1 N–H and O–H groups in total. The van der Waals surface area contributed by atoms with Gasteiger partial charge >= 0.3 is 0 Å². The molecule has 2 nitrogen and oxygen atoms in total. The summed E-state index contributed by atoms with van der Waals surface area (Å²) < 4.78 is 29.1. The minimum Gasteiger partial charge on any atom is -0.496 e. The number of hydrogen-bond acceptors (Lipinski definition) is 2. The Morgan fingerprint density at radius 2 is 1.92 bits per heavy atom. The van der Waals surface area contributed by atoms with Crippen molar-refractivity contribution in [3.8, 4) is 5.75 Å². The lowest BCUT2D eigenvalue weighted by molar-refractivity contribution is -0.00698. The molecule has 1 atom stereocenters. The highest BCUT2D eigenvalue weighted by atomic mass is 19.3. The van der Waals surface area contributed by atoms with E-state index in [0.29, 0.717) is 0 Å². The second-order valence-corrected chi connectivity index (χ2v) is 2.52. The lowest BCUT2D eigenvalue weighted by Crippen LogP contribution is -2.09. The van der Waals surface area contributed by atoms with Crippen molar-refractivity contribution in [1.82, 2.24) is 0 Å². The number of aliphatic hydroxyl groups is 1. The van der Waals surface area contributed by atoms with Gasteiger partial charge in [0.1, 0.15) is 11.9 Å². The Kier molecular flexibility index (Phi) is 3.19. The van der Waals surface area contributed by atoms with Crippen LogP contribution in [0.2, 0.25) is 0 Å². The topological polar surface area (TPSA) is 29.5 Å². The van der Waals surface area contributed by atoms with Crippen LogP contribution in [0, 0.1) is 0 Å². The number of para-hydroxylation sites is 1. The van der Waals surface area contributed by atoms with E-state index in [4.69, 9.17) is 9.84 Å². The van der Waals surface area contributed by atoms with Gasteiger partial charge in [0.05, 0.1) is 7.11 Å². The average molecular weight is 188 g/mol. The Bertz CT molecular complexity index is 276. The van der Waals surface area contributed by atoms with Gasteiger partial charge in [0.25, 0.3) is 6.43 Å². The molecule has 72 valence electrons. The van der Waals surface area contributed by atoms with Crippen LogP contribution in [0.25, 0.3) is 0 Å². The van der Waals surface area contributed by atoms with Crippen molar-refractivity contribution in [1.29, 1.82) is 0 Å². The van der Waals surface area contributed by atoms with E-state index in [2.05, 4.69) is 0 Å². The molecule has 1 unspecified atom stereocenters. The SMILES string of the molecule is COc1ccccc1C(O)C(F)F. The van der Waals surface area contributed by atoms with E-state index in [1.54, 1.807) is 12.1 Å². The number of hydrogen-bond donors (Lipinski definition) is 1. The van der Waals surface area contributed by atoms with E-state index in [0.717, 1.165) is 0 Å². The summed E-state index contributed by atoms with van der Waals surface area (Å²) in [5.41, 5.74) is 0.111. The van der Waals surface area contributed by atoms with Gasteiger partial charge in [-0.15, -0.1) is 0 Å². The van der Waals surface area contributed by atoms with Gasteiger partial charge in [-0.2, -0.15) is 0 Å². The molecule has 0 radical (unpaired) electrons. The van der Waals surface area contributed by atoms with Crippen LogP contribution < -0.4 is 4.74 Å². The van der Waals surface area contributed by atoms with Crippen LogP contribution in [0.1, 0.15) is 11.7 Å². The average Bonchev–Trinajstić information content (AvgIpc) is 2.16. The van der Waals surface area contributed by atoms with Gasteiger partial charge in [0.15, 0.2) is 0 Å². The Balaban J connectivity index is 2.98. The fraction of sp³-hybridized carbons (Fsp3) is 0.333. The quantitative estimate of drug-likeness (QED) is 0.786. The van der Waals surface area contributed by atoms with Crippen molar-refractivity contribution >= 4 is 0 Å². The Hall–Kier alpha value is -1.16. The molecule has 0 aromatic heterocycles. The fourth-order valence-corrected chi connectivity index (χ4v) is 1.05.